The molecule has 1 amide bonds. The molecule has 0 radical (unpaired) electrons. The van der Waals surface area contributed by atoms with E-state index in [1.54, 1.807) is 6.07 Å². The van der Waals surface area contributed by atoms with E-state index >= 15 is 0 Å². The molecule has 0 aliphatic heterocycles. The number of carbonyl (C=O) groups excluding carboxylic acids is 1. The fourth-order valence-corrected chi connectivity index (χ4v) is 2.46. The van der Waals surface area contributed by atoms with Gasteiger partial charge in [0.25, 0.3) is 0 Å². The van der Waals surface area contributed by atoms with Crippen molar-refractivity contribution in [3.8, 4) is 5.75 Å². The normalized spacial score (nSPS) is 12.7. The van der Waals surface area contributed by atoms with E-state index in [2.05, 4.69) is 0 Å². The number of aromatic hydroxyl groups is 1. The van der Waals surface area contributed by atoms with Crippen LogP contribution < -0.4 is 5.32 Å². The predicted molar refractivity (Wildman–Crippen MR) is 80.6 cm³/mol. The molecule has 2 rings (SSSR count). The van der Waals surface area contributed by atoms with Crippen LogP contribution in [0.3, 0.4) is 0 Å². The molecule has 0 bridgehead atoms. The number of benzene rings is 2. The number of nitrogens with one attached hydrogen (secondary N) is 1. The topological polar surface area (TPSA) is 49.3 Å². The molecule has 2 aromatic carbocycles. The van der Waals surface area contributed by atoms with Gasteiger partial charge in [-0.2, -0.15) is 13.2 Å². The third-order valence-corrected chi connectivity index (χ3v) is 3.41. The molecular weight excluding hydrogens is 354 g/mol. The van der Waals surface area contributed by atoms with Crippen LogP contribution in [0.25, 0.3) is 0 Å². The highest BCUT2D eigenvalue weighted by Gasteiger charge is 2.40. The van der Waals surface area contributed by atoms with E-state index in [1.807, 2.05) is 5.32 Å². The van der Waals surface area contributed by atoms with E-state index in [9.17, 15) is 23.1 Å². The summed E-state index contributed by atoms with van der Waals surface area (Å²) in [5.41, 5.74) is 0.506. The van der Waals surface area contributed by atoms with Crippen molar-refractivity contribution in [1.82, 2.24) is 5.32 Å². The zero-order chi connectivity index (χ0) is 17.2. The van der Waals surface area contributed by atoms with Gasteiger partial charge in [-0.1, -0.05) is 35.3 Å². The van der Waals surface area contributed by atoms with Crippen LogP contribution in [0.15, 0.2) is 42.5 Å². The monoisotopic (exact) mass is 363 g/mol. The first-order valence-electron chi connectivity index (χ1n) is 6.29. The van der Waals surface area contributed by atoms with E-state index in [0.717, 1.165) is 0 Å². The van der Waals surface area contributed by atoms with Crippen LogP contribution in [-0.4, -0.2) is 17.2 Å². The summed E-state index contributed by atoms with van der Waals surface area (Å²) in [6.45, 7) is 0. The van der Waals surface area contributed by atoms with E-state index in [-0.39, 0.29) is 16.3 Å². The van der Waals surface area contributed by atoms with Gasteiger partial charge in [-0.05, 0) is 41.5 Å². The van der Waals surface area contributed by atoms with Crippen LogP contribution in [0, 0.1) is 0 Å². The Bertz CT molecular complexity index is 715. The highest BCUT2D eigenvalue weighted by atomic mass is 35.5. The lowest BCUT2D eigenvalue weighted by Gasteiger charge is -2.21. The number of amides is 1. The minimum absolute atomic E-state index is 0.119. The molecule has 2 N–H and O–H groups in total. The quantitative estimate of drug-likeness (QED) is 0.845. The second-order valence-electron chi connectivity index (χ2n) is 4.70. The lowest BCUT2D eigenvalue weighted by atomic mass is 9.98. The van der Waals surface area contributed by atoms with Crippen LogP contribution >= 0.6 is 23.2 Å². The summed E-state index contributed by atoms with van der Waals surface area (Å²) in [6.07, 6.45) is -5.04. The average molecular weight is 364 g/mol. The Balaban J connectivity index is 2.49. The molecule has 0 aliphatic rings. The van der Waals surface area contributed by atoms with Gasteiger partial charge in [-0.15, -0.1) is 0 Å². The van der Waals surface area contributed by atoms with Crippen LogP contribution in [0.4, 0.5) is 13.2 Å². The van der Waals surface area contributed by atoms with E-state index < -0.39 is 18.1 Å². The van der Waals surface area contributed by atoms with Crippen molar-refractivity contribution in [3.63, 3.8) is 0 Å². The Kier molecular flexibility index (Phi) is 5.06. The Labute approximate surface area is 139 Å². The third kappa shape index (κ3) is 4.53. The molecule has 1 atom stereocenters. The van der Waals surface area contributed by atoms with E-state index in [4.69, 9.17) is 23.2 Å². The van der Waals surface area contributed by atoms with Crippen LogP contribution in [0.5, 0.6) is 5.75 Å². The molecule has 3 nitrogen and oxygen atoms in total. The van der Waals surface area contributed by atoms with Gasteiger partial charge in [0.1, 0.15) is 5.75 Å². The molecule has 122 valence electrons. The maximum Gasteiger partial charge on any atom is 0.471 e. The molecule has 0 fully saturated rings. The first-order valence-corrected chi connectivity index (χ1v) is 7.05. The number of hydrogen-bond donors (Lipinski definition) is 2. The summed E-state index contributed by atoms with van der Waals surface area (Å²) in [5.74, 6) is -2.34. The maximum absolute atomic E-state index is 12.6. The number of alkyl halides is 3. The first kappa shape index (κ1) is 17.4. The van der Waals surface area contributed by atoms with E-state index in [1.165, 1.54) is 36.4 Å². The highest BCUT2D eigenvalue weighted by Crippen LogP contribution is 2.30. The predicted octanol–water partition coefficient (Wildman–Crippen LogP) is 4.47. The summed E-state index contributed by atoms with van der Waals surface area (Å²) in [7, 11) is 0. The zero-order valence-corrected chi connectivity index (χ0v) is 12.9. The van der Waals surface area contributed by atoms with Gasteiger partial charge in [-0.3, -0.25) is 4.79 Å². The second-order valence-corrected chi connectivity index (χ2v) is 5.57. The van der Waals surface area contributed by atoms with Gasteiger partial charge in [0.05, 0.1) is 6.04 Å². The van der Waals surface area contributed by atoms with Crippen LogP contribution in [0.2, 0.25) is 10.0 Å². The number of rotatable bonds is 3. The maximum atomic E-state index is 12.6. The van der Waals surface area contributed by atoms with Gasteiger partial charge in [0, 0.05) is 10.0 Å². The number of phenols is 1. The van der Waals surface area contributed by atoms with Crippen LogP contribution in [-0.2, 0) is 4.79 Å². The molecule has 0 unspecified atom stereocenters. The smallest absolute Gasteiger partial charge is 0.471 e. The number of halogens is 5. The summed E-state index contributed by atoms with van der Waals surface area (Å²) >= 11 is 11.7. The SMILES string of the molecule is O=C(N[C@@H](c1cccc(Cl)c1)c1cc(O)cc(Cl)c1)C(F)(F)F. The van der Waals surface area contributed by atoms with Crippen molar-refractivity contribution in [3.05, 3.63) is 63.6 Å². The fraction of sp³-hybridized carbons (Fsp3) is 0.133. The summed E-state index contributed by atoms with van der Waals surface area (Å²) in [6, 6.07) is 8.63. The largest absolute Gasteiger partial charge is 0.508 e. The molecule has 0 saturated carbocycles. The highest BCUT2D eigenvalue weighted by molar-refractivity contribution is 6.31. The van der Waals surface area contributed by atoms with Gasteiger partial charge in [0.2, 0.25) is 0 Å². The number of phenolic OH excluding ortho intramolecular Hbond substituents is 1. The summed E-state index contributed by atoms with van der Waals surface area (Å²) < 4.78 is 37.7. The molecule has 0 heterocycles. The standard InChI is InChI=1S/C15H10Cl2F3NO2/c16-10-3-1-2-8(4-10)13(21-14(23)15(18,19)20)9-5-11(17)7-12(22)6-9/h1-7,13,22H,(H,21,23)/t13-/m0/s1. The molecule has 2 aromatic rings. The van der Waals surface area contributed by atoms with Gasteiger partial charge >= 0.3 is 12.1 Å². The lowest BCUT2D eigenvalue weighted by Crippen LogP contribution is -2.39. The lowest BCUT2D eigenvalue weighted by molar-refractivity contribution is -0.174. The Morgan fingerprint density at radius 3 is 2.26 bits per heavy atom. The molecule has 8 heteroatoms. The minimum Gasteiger partial charge on any atom is -0.508 e. The fourth-order valence-electron chi connectivity index (χ4n) is 2.02. The molecule has 0 aliphatic carbocycles. The Morgan fingerprint density at radius 1 is 1.04 bits per heavy atom. The first-order chi connectivity index (χ1) is 10.7. The summed E-state index contributed by atoms with van der Waals surface area (Å²) in [5, 5.41) is 11.9. The molecular formula is C15H10Cl2F3NO2. The van der Waals surface area contributed by atoms with Crippen LogP contribution in [0.1, 0.15) is 17.2 Å². The third-order valence-electron chi connectivity index (χ3n) is 2.95. The minimum atomic E-state index is -5.04. The van der Waals surface area contributed by atoms with Crippen molar-refractivity contribution in [2.45, 2.75) is 12.2 Å². The van der Waals surface area contributed by atoms with Crippen molar-refractivity contribution in [1.29, 1.82) is 0 Å². The van der Waals surface area contributed by atoms with Crippen molar-refractivity contribution < 1.29 is 23.1 Å². The zero-order valence-electron chi connectivity index (χ0n) is 11.4. The van der Waals surface area contributed by atoms with Crippen molar-refractivity contribution in [2.75, 3.05) is 0 Å². The number of carbonyl (C=O) groups is 1. The molecule has 0 saturated heterocycles. The van der Waals surface area contributed by atoms with Crippen molar-refractivity contribution >= 4 is 29.1 Å². The Morgan fingerprint density at radius 2 is 1.70 bits per heavy atom. The second kappa shape index (κ2) is 6.68. The van der Waals surface area contributed by atoms with Gasteiger partial charge in [0.15, 0.2) is 0 Å². The van der Waals surface area contributed by atoms with Gasteiger partial charge < -0.3 is 10.4 Å². The van der Waals surface area contributed by atoms with E-state index in [0.29, 0.717) is 10.6 Å². The van der Waals surface area contributed by atoms with Gasteiger partial charge in [-0.25, -0.2) is 0 Å². The summed E-state index contributed by atoms with van der Waals surface area (Å²) in [4.78, 5) is 11.3. The average Bonchev–Trinajstić information content (AvgIpc) is 2.42. The Hall–Kier alpha value is -1.92. The molecule has 0 spiro atoms. The number of hydrogen-bond acceptors (Lipinski definition) is 2. The molecule has 23 heavy (non-hydrogen) atoms. The molecule has 0 aromatic heterocycles. The van der Waals surface area contributed by atoms with Crippen molar-refractivity contribution in [2.24, 2.45) is 0 Å².